The van der Waals surface area contributed by atoms with Gasteiger partial charge >= 0.3 is 0 Å². The van der Waals surface area contributed by atoms with E-state index in [0.717, 1.165) is 11.8 Å². The second-order valence-corrected chi connectivity index (χ2v) is 7.36. The molecule has 1 aromatic carbocycles. The van der Waals surface area contributed by atoms with E-state index in [2.05, 4.69) is 5.32 Å². The number of nitrogens with one attached hydrogen (secondary N) is 1. The molecule has 0 aliphatic heterocycles. The summed E-state index contributed by atoms with van der Waals surface area (Å²) in [6.45, 7) is 2.75. The number of halogens is 1. The van der Waals surface area contributed by atoms with E-state index in [1.54, 1.807) is 24.3 Å². The number of hydrogen-bond acceptors (Lipinski definition) is 3. The molecule has 4 nitrogen and oxygen atoms in total. The number of sulfone groups is 1. The van der Waals surface area contributed by atoms with Gasteiger partial charge in [0.25, 0.3) is 0 Å². The molecule has 1 N–H and O–H groups in total. The summed E-state index contributed by atoms with van der Waals surface area (Å²) in [6, 6.07) is 7.01. The van der Waals surface area contributed by atoms with Crippen molar-refractivity contribution in [2.24, 2.45) is 0 Å². The van der Waals surface area contributed by atoms with E-state index in [4.69, 9.17) is 11.6 Å². The van der Waals surface area contributed by atoms with Gasteiger partial charge in [-0.2, -0.15) is 0 Å². The van der Waals surface area contributed by atoms with Gasteiger partial charge in [0.1, 0.15) is 4.75 Å². The molecule has 0 saturated heterocycles. The maximum Gasteiger partial charge on any atom is 0.245 e. The predicted octanol–water partition coefficient (Wildman–Crippen LogP) is 2.19. The van der Waals surface area contributed by atoms with E-state index in [0.29, 0.717) is 5.69 Å². The molecule has 0 bridgehead atoms. The second-order valence-electron chi connectivity index (χ2n) is 4.53. The molecule has 0 spiro atoms. The number of para-hydroxylation sites is 1. The molecule has 0 aliphatic carbocycles. The molecule has 100 valence electrons. The van der Waals surface area contributed by atoms with Crippen molar-refractivity contribution in [1.82, 2.24) is 0 Å². The van der Waals surface area contributed by atoms with Gasteiger partial charge in [0, 0.05) is 17.8 Å². The van der Waals surface area contributed by atoms with Crippen LogP contribution in [0.4, 0.5) is 5.69 Å². The second kappa shape index (κ2) is 5.28. The Labute approximate surface area is 112 Å². The fourth-order valence-corrected chi connectivity index (χ4v) is 1.82. The maximum absolute atomic E-state index is 12.0. The summed E-state index contributed by atoms with van der Waals surface area (Å²) >= 11 is 5.75. The third-order valence-corrected chi connectivity index (χ3v) is 5.21. The first-order valence-corrected chi connectivity index (χ1v) is 7.77. The molecule has 0 fully saturated rings. The maximum atomic E-state index is 12.0. The SMILES string of the molecule is CC(C)(C(=O)Nc1ccccc1CCl)S(C)(=O)=O. The van der Waals surface area contributed by atoms with Crippen LogP contribution in [0.1, 0.15) is 19.4 Å². The van der Waals surface area contributed by atoms with Crippen LogP contribution in [-0.2, 0) is 20.5 Å². The van der Waals surface area contributed by atoms with Crippen molar-refractivity contribution in [3.63, 3.8) is 0 Å². The average Bonchev–Trinajstić information content (AvgIpc) is 2.28. The minimum atomic E-state index is -3.49. The van der Waals surface area contributed by atoms with Crippen LogP contribution in [0.5, 0.6) is 0 Å². The monoisotopic (exact) mass is 289 g/mol. The van der Waals surface area contributed by atoms with Gasteiger partial charge in [0.2, 0.25) is 5.91 Å². The van der Waals surface area contributed by atoms with Crippen LogP contribution < -0.4 is 5.32 Å². The lowest BCUT2D eigenvalue weighted by molar-refractivity contribution is -0.117. The lowest BCUT2D eigenvalue weighted by atomic mass is 10.1. The third-order valence-electron chi connectivity index (χ3n) is 2.88. The van der Waals surface area contributed by atoms with Crippen LogP contribution in [0.2, 0.25) is 0 Å². The highest BCUT2D eigenvalue weighted by Gasteiger charge is 2.38. The summed E-state index contributed by atoms with van der Waals surface area (Å²) < 4.78 is 21.6. The van der Waals surface area contributed by atoms with Crippen LogP contribution in [0.3, 0.4) is 0 Å². The number of benzene rings is 1. The number of carbonyl (C=O) groups is 1. The molecular weight excluding hydrogens is 274 g/mol. The first-order valence-electron chi connectivity index (χ1n) is 5.35. The molecule has 6 heteroatoms. The van der Waals surface area contributed by atoms with E-state index in [1.807, 2.05) is 0 Å². The van der Waals surface area contributed by atoms with Crippen molar-refractivity contribution in [2.45, 2.75) is 24.5 Å². The zero-order chi connectivity index (χ0) is 14.0. The van der Waals surface area contributed by atoms with Crippen LogP contribution in [-0.4, -0.2) is 25.3 Å². The number of alkyl halides is 1. The van der Waals surface area contributed by atoms with Crippen molar-refractivity contribution >= 4 is 33.0 Å². The Balaban J connectivity index is 3.02. The Bertz CT molecular complexity index is 552. The summed E-state index contributed by atoms with van der Waals surface area (Å²) in [5, 5.41) is 2.61. The molecular formula is C12H16ClNO3S. The number of amides is 1. The van der Waals surface area contributed by atoms with Crippen LogP contribution in [0.15, 0.2) is 24.3 Å². The summed E-state index contributed by atoms with van der Waals surface area (Å²) in [7, 11) is -3.49. The number of rotatable bonds is 4. The van der Waals surface area contributed by atoms with Crippen LogP contribution in [0, 0.1) is 0 Å². The van der Waals surface area contributed by atoms with Gasteiger partial charge < -0.3 is 5.32 Å². The highest BCUT2D eigenvalue weighted by molar-refractivity contribution is 7.92. The van der Waals surface area contributed by atoms with E-state index in [-0.39, 0.29) is 5.88 Å². The number of carbonyl (C=O) groups excluding carboxylic acids is 1. The predicted molar refractivity (Wildman–Crippen MR) is 73.6 cm³/mol. The lowest BCUT2D eigenvalue weighted by Crippen LogP contribution is -2.44. The Morgan fingerprint density at radius 2 is 1.89 bits per heavy atom. The molecule has 0 heterocycles. The van der Waals surface area contributed by atoms with E-state index >= 15 is 0 Å². The number of anilines is 1. The van der Waals surface area contributed by atoms with E-state index < -0.39 is 20.5 Å². The van der Waals surface area contributed by atoms with Gasteiger partial charge in [-0.1, -0.05) is 18.2 Å². The first kappa shape index (κ1) is 15.0. The van der Waals surface area contributed by atoms with Crippen molar-refractivity contribution < 1.29 is 13.2 Å². The van der Waals surface area contributed by atoms with Gasteiger partial charge in [-0.25, -0.2) is 8.42 Å². The minimum Gasteiger partial charge on any atom is -0.324 e. The molecule has 0 atom stereocenters. The Morgan fingerprint density at radius 1 is 1.33 bits per heavy atom. The fraction of sp³-hybridized carbons (Fsp3) is 0.417. The zero-order valence-electron chi connectivity index (χ0n) is 10.5. The summed E-state index contributed by atoms with van der Waals surface area (Å²) in [6.07, 6.45) is 1.04. The minimum absolute atomic E-state index is 0.246. The van der Waals surface area contributed by atoms with E-state index in [1.165, 1.54) is 13.8 Å². The molecule has 0 radical (unpaired) electrons. The molecule has 0 aliphatic rings. The molecule has 1 rings (SSSR count). The summed E-state index contributed by atoms with van der Waals surface area (Å²) in [4.78, 5) is 12.0. The third kappa shape index (κ3) is 3.03. The highest BCUT2D eigenvalue weighted by Crippen LogP contribution is 2.21. The Morgan fingerprint density at radius 3 is 2.39 bits per heavy atom. The van der Waals surface area contributed by atoms with Gasteiger partial charge in [-0.3, -0.25) is 4.79 Å². The fourth-order valence-electron chi connectivity index (χ4n) is 1.20. The molecule has 1 amide bonds. The van der Waals surface area contributed by atoms with Crippen LogP contribution in [0.25, 0.3) is 0 Å². The number of hydrogen-bond donors (Lipinski definition) is 1. The van der Waals surface area contributed by atoms with Crippen molar-refractivity contribution in [1.29, 1.82) is 0 Å². The van der Waals surface area contributed by atoms with Crippen molar-refractivity contribution in [3.05, 3.63) is 29.8 Å². The normalized spacial score (nSPS) is 12.2. The average molecular weight is 290 g/mol. The van der Waals surface area contributed by atoms with Gasteiger partial charge in [0.15, 0.2) is 9.84 Å². The standard InChI is InChI=1S/C12H16ClNO3S/c1-12(2,18(3,16)17)11(15)14-10-7-5-4-6-9(10)8-13/h4-7H,8H2,1-3H3,(H,14,15). The van der Waals surface area contributed by atoms with Crippen molar-refractivity contribution in [2.75, 3.05) is 11.6 Å². The van der Waals surface area contributed by atoms with Gasteiger partial charge in [-0.05, 0) is 25.5 Å². The smallest absolute Gasteiger partial charge is 0.245 e. The topological polar surface area (TPSA) is 63.2 Å². The molecule has 0 unspecified atom stereocenters. The molecule has 1 aromatic rings. The molecule has 0 aromatic heterocycles. The highest BCUT2D eigenvalue weighted by atomic mass is 35.5. The Kier molecular flexibility index (Phi) is 4.40. The zero-order valence-corrected chi connectivity index (χ0v) is 12.1. The van der Waals surface area contributed by atoms with Crippen LogP contribution >= 0.6 is 11.6 Å². The van der Waals surface area contributed by atoms with Crippen molar-refractivity contribution in [3.8, 4) is 0 Å². The summed E-state index contributed by atoms with van der Waals surface area (Å²) in [5.74, 6) is -0.321. The van der Waals surface area contributed by atoms with Gasteiger partial charge in [0.05, 0.1) is 0 Å². The largest absolute Gasteiger partial charge is 0.324 e. The molecule has 18 heavy (non-hydrogen) atoms. The van der Waals surface area contributed by atoms with Gasteiger partial charge in [-0.15, -0.1) is 11.6 Å². The van der Waals surface area contributed by atoms with E-state index in [9.17, 15) is 13.2 Å². The first-order chi connectivity index (χ1) is 8.20. The lowest BCUT2D eigenvalue weighted by Gasteiger charge is -2.22. The summed E-state index contributed by atoms with van der Waals surface area (Å²) in [5.41, 5.74) is 1.28. The molecule has 0 saturated carbocycles. The Hall–Kier alpha value is -1.07. The quantitative estimate of drug-likeness (QED) is 0.864.